The third-order valence-corrected chi connectivity index (χ3v) is 3.78. The van der Waals surface area contributed by atoms with Crippen LogP contribution in [-0.2, 0) is 6.42 Å². The largest absolute Gasteiger partial charge is 0.478 e. The molecule has 0 bridgehead atoms. The van der Waals surface area contributed by atoms with Gasteiger partial charge in [0.1, 0.15) is 17.3 Å². The zero-order chi connectivity index (χ0) is 15.0. The summed E-state index contributed by atoms with van der Waals surface area (Å²) in [7, 11) is 0. The Hall–Kier alpha value is -2.43. The van der Waals surface area contributed by atoms with Crippen LogP contribution < -0.4 is 5.32 Å². The van der Waals surface area contributed by atoms with Crippen LogP contribution in [0.1, 0.15) is 27.4 Å². The fourth-order valence-corrected chi connectivity index (χ4v) is 2.64. The summed E-state index contributed by atoms with van der Waals surface area (Å²) in [5.41, 5.74) is 1.77. The Morgan fingerprint density at radius 3 is 2.52 bits per heavy atom. The monoisotopic (exact) mass is 289 g/mol. The standard InChI is InChI=1S/C16H13F2NO2/c17-13-6-10(16(20)21)7-14(18)15(13)19-8-11-5-9-3-1-2-4-12(9)11/h1-4,6-7,11,19H,5,8H2,(H,20,21). The lowest BCUT2D eigenvalue weighted by molar-refractivity contribution is 0.0696. The van der Waals surface area contributed by atoms with Crippen molar-refractivity contribution >= 4 is 11.7 Å². The molecule has 0 aromatic heterocycles. The molecule has 0 radical (unpaired) electrons. The van der Waals surface area contributed by atoms with Crippen LogP contribution in [0.15, 0.2) is 36.4 Å². The highest BCUT2D eigenvalue weighted by atomic mass is 19.1. The quantitative estimate of drug-likeness (QED) is 0.906. The number of nitrogens with one attached hydrogen (secondary N) is 1. The van der Waals surface area contributed by atoms with Gasteiger partial charge < -0.3 is 10.4 Å². The fourth-order valence-electron chi connectivity index (χ4n) is 2.64. The van der Waals surface area contributed by atoms with E-state index in [2.05, 4.69) is 5.32 Å². The van der Waals surface area contributed by atoms with Gasteiger partial charge in [0.15, 0.2) is 0 Å². The Bertz CT molecular complexity index is 692. The van der Waals surface area contributed by atoms with Gasteiger partial charge >= 0.3 is 5.97 Å². The average Bonchev–Trinajstić information content (AvgIpc) is 2.42. The number of halogens is 2. The van der Waals surface area contributed by atoms with E-state index in [9.17, 15) is 13.6 Å². The van der Waals surface area contributed by atoms with Crippen LogP contribution in [0.4, 0.5) is 14.5 Å². The van der Waals surface area contributed by atoms with Gasteiger partial charge in [-0.3, -0.25) is 0 Å². The number of anilines is 1. The highest BCUT2D eigenvalue weighted by molar-refractivity contribution is 5.88. The average molecular weight is 289 g/mol. The van der Waals surface area contributed by atoms with Crippen LogP contribution in [0.5, 0.6) is 0 Å². The molecular formula is C16H13F2NO2. The second-order valence-corrected chi connectivity index (χ2v) is 5.10. The number of hydrogen-bond acceptors (Lipinski definition) is 2. The van der Waals surface area contributed by atoms with Gasteiger partial charge in [-0.1, -0.05) is 24.3 Å². The first-order valence-corrected chi connectivity index (χ1v) is 6.60. The number of hydrogen-bond donors (Lipinski definition) is 2. The van der Waals surface area contributed by atoms with E-state index in [-0.39, 0.29) is 11.6 Å². The maximum Gasteiger partial charge on any atom is 0.335 e. The summed E-state index contributed by atoms with van der Waals surface area (Å²) in [6, 6.07) is 9.59. The van der Waals surface area contributed by atoms with Crippen molar-refractivity contribution in [1.82, 2.24) is 0 Å². The number of benzene rings is 2. The highest BCUT2D eigenvalue weighted by Gasteiger charge is 2.25. The smallest absolute Gasteiger partial charge is 0.335 e. The Balaban J connectivity index is 1.74. The summed E-state index contributed by atoms with van der Waals surface area (Å²) >= 11 is 0. The van der Waals surface area contributed by atoms with E-state index < -0.39 is 23.2 Å². The van der Waals surface area contributed by atoms with Gasteiger partial charge in [0.2, 0.25) is 0 Å². The first-order valence-electron chi connectivity index (χ1n) is 6.60. The third-order valence-electron chi connectivity index (χ3n) is 3.78. The van der Waals surface area contributed by atoms with Crippen molar-refractivity contribution in [2.45, 2.75) is 12.3 Å². The molecule has 3 nitrogen and oxygen atoms in total. The molecule has 1 unspecified atom stereocenters. The molecule has 2 N–H and O–H groups in total. The van der Waals surface area contributed by atoms with Crippen molar-refractivity contribution in [3.63, 3.8) is 0 Å². The molecule has 108 valence electrons. The van der Waals surface area contributed by atoms with Crippen LogP contribution in [0.2, 0.25) is 0 Å². The molecule has 3 rings (SSSR count). The predicted molar refractivity (Wildman–Crippen MR) is 74.7 cm³/mol. The van der Waals surface area contributed by atoms with E-state index in [4.69, 9.17) is 5.11 Å². The van der Waals surface area contributed by atoms with Crippen LogP contribution in [0.25, 0.3) is 0 Å². The molecule has 1 aliphatic carbocycles. The Labute approximate surface area is 120 Å². The minimum absolute atomic E-state index is 0.221. The zero-order valence-electron chi connectivity index (χ0n) is 11.1. The molecule has 1 atom stereocenters. The molecule has 5 heteroatoms. The number of fused-ring (bicyclic) bond motifs is 1. The fraction of sp³-hybridized carbons (Fsp3) is 0.188. The number of carboxylic acids is 1. The lowest BCUT2D eigenvalue weighted by Gasteiger charge is -2.30. The highest BCUT2D eigenvalue weighted by Crippen LogP contribution is 2.35. The molecule has 0 spiro atoms. The Morgan fingerprint density at radius 2 is 1.90 bits per heavy atom. The number of carboxylic acid groups (broad SMARTS) is 1. The molecule has 0 saturated heterocycles. The van der Waals surface area contributed by atoms with Gasteiger partial charge in [-0.2, -0.15) is 0 Å². The summed E-state index contributed by atoms with van der Waals surface area (Å²) in [5, 5.41) is 11.5. The van der Waals surface area contributed by atoms with Gasteiger partial charge in [-0.25, -0.2) is 13.6 Å². The number of rotatable bonds is 4. The van der Waals surface area contributed by atoms with Crippen molar-refractivity contribution in [2.24, 2.45) is 0 Å². The molecule has 2 aromatic carbocycles. The van der Waals surface area contributed by atoms with Gasteiger partial charge in [-0.05, 0) is 29.7 Å². The summed E-state index contributed by atoms with van der Waals surface area (Å²) < 4.78 is 27.5. The number of aromatic carboxylic acids is 1. The predicted octanol–water partition coefficient (Wildman–Crippen LogP) is 3.41. The van der Waals surface area contributed by atoms with E-state index >= 15 is 0 Å². The first-order chi connectivity index (χ1) is 10.1. The molecule has 21 heavy (non-hydrogen) atoms. The summed E-state index contributed by atoms with van der Waals surface area (Å²) in [4.78, 5) is 10.7. The third kappa shape index (κ3) is 2.46. The summed E-state index contributed by atoms with van der Waals surface area (Å²) in [5.74, 6) is -2.91. The van der Waals surface area contributed by atoms with Crippen LogP contribution >= 0.6 is 0 Å². The number of carbonyl (C=O) groups is 1. The van der Waals surface area contributed by atoms with E-state index in [0.717, 1.165) is 18.6 Å². The maximum absolute atomic E-state index is 13.8. The minimum atomic E-state index is -1.35. The lowest BCUT2D eigenvalue weighted by Crippen LogP contribution is -2.24. The van der Waals surface area contributed by atoms with E-state index in [0.29, 0.717) is 6.54 Å². The van der Waals surface area contributed by atoms with Crippen molar-refractivity contribution in [1.29, 1.82) is 0 Å². The van der Waals surface area contributed by atoms with E-state index in [1.807, 2.05) is 24.3 Å². The van der Waals surface area contributed by atoms with Gasteiger partial charge in [0, 0.05) is 12.5 Å². The lowest BCUT2D eigenvalue weighted by atomic mass is 9.77. The second-order valence-electron chi connectivity index (χ2n) is 5.10. The molecule has 1 aliphatic rings. The van der Waals surface area contributed by atoms with Crippen molar-refractivity contribution in [3.05, 3.63) is 64.7 Å². The second kappa shape index (κ2) is 5.16. The molecular weight excluding hydrogens is 276 g/mol. The van der Waals surface area contributed by atoms with Crippen LogP contribution in [-0.4, -0.2) is 17.6 Å². The van der Waals surface area contributed by atoms with Gasteiger partial charge in [0.25, 0.3) is 0 Å². The normalized spacial score (nSPS) is 16.0. The van der Waals surface area contributed by atoms with Crippen LogP contribution in [0.3, 0.4) is 0 Å². The van der Waals surface area contributed by atoms with E-state index in [1.54, 1.807) is 0 Å². The summed E-state index contributed by atoms with van der Waals surface area (Å²) in [6.45, 7) is 0.414. The molecule has 0 fully saturated rings. The Kier molecular flexibility index (Phi) is 3.33. The molecule has 0 amide bonds. The topological polar surface area (TPSA) is 49.3 Å². The van der Waals surface area contributed by atoms with Crippen LogP contribution in [0, 0.1) is 11.6 Å². The van der Waals surface area contributed by atoms with Crippen molar-refractivity contribution in [3.8, 4) is 0 Å². The Morgan fingerprint density at radius 1 is 1.24 bits per heavy atom. The molecule has 0 aliphatic heterocycles. The molecule has 0 saturated carbocycles. The van der Waals surface area contributed by atoms with E-state index in [1.165, 1.54) is 11.1 Å². The van der Waals surface area contributed by atoms with Crippen molar-refractivity contribution in [2.75, 3.05) is 11.9 Å². The minimum Gasteiger partial charge on any atom is -0.478 e. The maximum atomic E-state index is 13.8. The molecule has 2 aromatic rings. The van der Waals surface area contributed by atoms with Crippen molar-refractivity contribution < 1.29 is 18.7 Å². The molecule has 0 heterocycles. The van der Waals surface area contributed by atoms with Gasteiger partial charge in [-0.15, -0.1) is 0 Å². The van der Waals surface area contributed by atoms with Gasteiger partial charge in [0.05, 0.1) is 5.56 Å². The zero-order valence-corrected chi connectivity index (χ0v) is 11.1. The summed E-state index contributed by atoms with van der Waals surface area (Å²) in [6.07, 6.45) is 0.875. The first kappa shape index (κ1) is 13.5. The SMILES string of the molecule is O=C(O)c1cc(F)c(NCC2Cc3ccccc32)c(F)c1.